The lowest BCUT2D eigenvalue weighted by atomic mass is 10.3. The van der Waals surface area contributed by atoms with Gasteiger partial charge in [-0.3, -0.25) is 4.79 Å². The van der Waals surface area contributed by atoms with Crippen molar-refractivity contribution in [1.82, 2.24) is 5.32 Å². The highest BCUT2D eigenvalue weighted by Crippen LogP contribution is 2.18. The molecule has 0 saturated heterocycles. The van der Waals surface area contributed by atoms with Crippen molar-refractivity contribution in [1.29, 1.82) is 0 Å². The molecule has 0 aliphatic carbocycles. The van der Waals surface area contributed by atoms with E-state index in [1.807, 2.05) is 0 Å². The third-order valence-electron chi connectivity index (χ3n) is 2.29. The summed E-state index contributed by atoms with van der Waals surface area (Å²) in [7, 11) is 0. The molecular formula is C13H15ClF3NO3. The minimum Gasteiger partial charge on any atom is -0.481 e. The second kappa shape index (κ2) is 8.09. The number of nitrogens with one attached hydrogen (secondary N) is 1. The van der Waals surface area contributed by atoms with Gasteiger partial charge < -0.3 is 14.8 Å². The van der Waals surface area contributed by atoms with Gasteiger partial charge in [0.2, 0.25) is 0 Å². The Kier molecular flexibility index (Phi) is 6.77. The quantitative estimate of drug-likeness (QED) is 0.784. The Morgan fingerprint density at radius 1 is 1.43 bits per heavy atom. The van der Waals surface area contributed by atoms with E-state index in [2.05, 4.69) is 10.1 Å². The summed E-state index contributed by atoms with van der Waals surface area (Å²) in [5, 5.41) is 2.89. The van der Waals surface area contributed by atoms with Gasteiger partial charge >= 0.3 is 6.18 Å². The normalized spacial score (nSPS) is 12.8. The molecule has 0 aliphatic rings. The van der Waals surface area contributed by atoms with Gasteiger partial charge in [0.15, 0.2) is 6.10 Å². The van der Waals surface area contributed by atoms with Crippen LogP contribution in [0.25, 0.3) is 0 Å². The monoisotopic (exact) mass is 325 g/mol. The lowest BCUT2D eigenvalue weighted by Gasteiger charge is -2.15. The zero-order chi connectivity index (χ0) is 15.9. The fourth-order valence-electron chi connectivity index (χ4n) is 1.38. The van der Waals surface area contributed by atoms with Crippen molar-refractivity contribution in [2.45, 2.75) is 19.2 Å². The van der Waals surface area contributed by atoms with E-state index in [0.717, 1.165) is 0 Å². The molecule has 0 bridgehead atoms. The molecule has 1 aromatic carbocycles. The molecule has 1 N–H and O–H groups in total. The van der Waals surface area contributed by atoms with Gasteiger partial charge in [0, 0.05) is 11.6 Å². The van der Waals surface area contributed by atoms with Crippen LogP contribution in [0.4, 0.5) is 13.2 Å². The number of halogens is 4. The minimum absolute atomic E-state index is 0.0296. The van der Waals surface area contributed by atoms with Crippen molar-refractivity contribution >= 4 is 17.5 Å². The predicted molar refractivity (Wildman–Crippen MR) is 71.4 cm³/mol. The molecule has 0 heterocycles. The fraction of sp³-hybridized carbons (Fsp3) is 0.462. The molecular weight excluding hydrogens is 311 g/mol. The van der Waals surface area contributed by atoms with Crippen molar-refractivity contribution in [2.75, 3.05) is 19.8 Å². The van der Waals surface area contributed by atoms with Gasteiger partial charge in [0.25, 0.3) is 5.91 Å². The first-order valence-electron chi connectivity index (χ1n) is 6.12. The van der Waals surface area contributed by atoms with Crippen molar-refractivity contribution < 1.29 is 27.4 Å². The van der Waals surface area contributed by atoms with Crippen molar-refractivity contribution in [3.05, 3.63) is 29.3 Å². The van der Waals surface area contributed by atoms with Crippen LogP contribution in [0.1, 0.15) is 6.92 Å². The Balaban J connectivity index is 2.25. The van der Waals surface area contributed by atoms with Gasteiger partial charge in [-0.15, -0.1) is 0 Å². The van der Waals surface area contributed by atoms with Crippen molar-refractivity contribution in [3.63, 3.8) is 0 Å². The first-order valence-corrected chi connectivity index (χ1v) is 6.50. The maximum Gasteiger partial charge on any atom is 0.411 e. The summed E-state index contributed by atoms with van der Waals surface area (Å²) >= 11 is 5.77. The smallest absolute Gasteiger partial charge is 0.411 e. The summed E-state index contributed by atoms with van der Waals surface area (Å²) in [4.78, 5) is 11.6. The SMILES string of the molecule is CC(Oc1cccc(Cl)c1)C(=O)NCCOCC(F)(F)F. The van der Waals surface area contributed by atoms with Crippen LogP contribution >= 0.6 is 11.6 Å². The third-order valence-corrected chi connectivity index (χ3v) is 2.52. The zero-order valence-corrected chi connectivity index (χ0v) is 12.0. The molecule has 0 spiro atoms. The van der Waals surface area contributed by atoms with Crippen LogP contribution < -0.4 is 10.1 Å². The lowest BCUT2D eigenvalue weighted by Crippen LogP contribution is -2.38. The van der Waals surface area contributed by atoms with E-state index in [4.69, 9.17) is 16.3 Å². The maximum atomic E-state index is 11.8. The van der Waals surface area contributed by atoms with E-state index in [1.54, 1.807) is 24.3 Å². The van der Waals surface area contributed by atoms with E-state index in [1.165, 1.54) is 6.92 Å². The van der Waals surface area contributed by atoms with Crippen LogP contribution in [0.3, 0.4) is 0 Å². The van der Waals surface area contributed by atoms with E-state index in [9.17, 15) is 18.0 Å². The van der Waals surface area contributed by atoms with Gasteiger partial charge in [-0.1, -0.05) is 17.7 Å². The molecule has 118 valence electrons. The largest absolute Gasteiger partial charge is 0.481 e. The Morgan fingerprint density at radius 3 is 2.76 bits per heavy atom. The zero-order valence-electron chi connectivity index (χ0n) is 11.2. The predicted octanol–water partition coefficient (Wildman–Crippen LogP) is 2.80. The van der Waals surface area contributed by atoms with E-state index < -0.39 is 24.8 Å². The van der Waals surface area contributed by atoms with E-state index in [0.29, 0.717) is 10.8 Å². The number of carbonyl (C=O) groups is 1. The second-order valence-corrected chi connectivity index (χ2v) is 4.61. The summed E-state index contributed by atoms with van der Waals surface area (Å²) in [5.74, 6) is -0.0240. The number of ether oxygens (including phenoxy) is 2. The molecule has 1 unspecified atom stereocenters. The van der Waals surface area contributed by atoms with E-state index >= 15 is 0 Å². The molecule has 8 heteroatoms. The van der Waals surface area contributed by atoms with Crippen LogP contribution in [0.15, 0.2) is 24.3 Å². The topological polar surface area (TPSA) is 47.6 Å². The standard InChI is InChI=1S/C13H15ClF3NO3/c1-9(21-11-4-2-3-10(14)7-11)12(19)18-5-6-20-8-13(15,16)17/h2-4,7,9H,5-6,8H2,1H3,(H,18,19). The van der Waals surface area contributed by atoms with Crippen LogP contribution in [-0.4, -0.2) is 37.9 Å². The number of hydrogen-bond acceptors (Lipinski definition) is 3. The van der Waals surface area contributed by atoms with Crippen LogP contribution in [0.2, 0.25) is 5.02 Å². The first-order chi connectivity index (χ1) is 9.78. The van der Waals surface area contributed by atoms with Crippen molar-refractivity contribution in [3.8, 4) is 5.75 Å². The summed E-state index contributed by atoms with van der Waals surface area (Å²) in [6.07, 6.45) is -5.17. The summed E-state index contributed by atoms with van der Waals surface area (Å²) in [6, 6.07) is 6.53. The average Bonchev–Trinajstić information content (AvgIpc) is 2.36. The highest BCUT2D eigenvalue weighted by Gasteiger charge is 2.27. The van der Waals surface area contributed by atoms with Gasteiger partial charge in [-0.2, -0.15) is 13.2 Å². The van der Waals surface area contributed by atoms with Gasteiger partial charge in [-0.25, -0.2) is 0 Å². The summed E-state index contributed by atoms with van der Waals surface area (Å²) in [5.41, 5.74) is 0. The minimum atomic E-state index is -4.37. The van der Waals surface area contributed by atoms with E-state index in [-0.39, 0.29) is 13.2 Å². The first kappa shape index (κ1) is 17.6. The van der Waals surface area contributed by atoms with Crippen LogP contribution in [-0.2, 0) is 9.53 Å². The summed E-state index contributed by atoms with van der Waals surface area (Å²) in [6.45, 7) is -0.0719. The number of amides is 1. The molecule has 0 aliphatic heterocycles. The summed E-state index contributed by atoms with van der Waals surface area (Å²) < 4.78 is 45.1. The molecule has 1 atom stereocenters. The number of benzene rings is 1. The molecule has 0 fully saturated rings. The lowest BCUT2D eigenvalue weighted by molar-refractivity contribution is -0.173. The highest BCUT2D eigenvalue weighted by atomic mass is 35.5. The Morgan fingerprint density at radius 2 is 2.14 bits per heavy atom. The number of carbonyl (C=O) groups excluding carboxylic acids is 1. The van der Waals surface area contributed by atoms with Gasteiger partial charge in [0.1, 0.15) is 12.4 Å². The molecule has 1 aromatic rings. The number of rotatable bonds is 7. The number of alkyl halides is 3. The molecule has 1 amide bonds. The molecule has 1 rings (SSSR count). The fourth-order valence-corrected chi connectivity index (χ4v) is 1.56. The van der Waals surface area contributed by atoms with Crippen molar-refractivity contribution in [2.24, 2.45) is 0 Å². The second-order valence-electron chi connectivity index (χ2n) is 4.18. The van der Waals surface area contributed by atoms with Gasteiger partial charge in [0.05, 0.1) is 6.61 Å². The average molecular weight is 326 g/mol. The Labute approximate surface area is 125 Å². The third kappa shape index (κ3) is 7.77. The molecule has 0 saturated carbocycles. The van der Waals surface area contributed by atoms with Crippen LogP contribution in [0, 0.1) is 0 Å². The maximum absolute atomic E-state index is 11.8. The highest BCUT2D eigenvalue weighted by molar-refractivity contribution is 6.30. The molecule has 0 radical (unpaired) electrons. The molecule has 21 heavy (non-hydrogen) atoms. The molecule has 4 nitrogen and oxygen atoms in total. The Bertz CT molecular complexity index is 468. The number of hydrogen-bond donors (Lipinski definition) is 1. The van der Waals surface area contributed by atoms with Crippen LogP contribution in [0.5, 0.6) is 5.75 Å². The molecule has 0 aromatic heterocycles. The van der Waals surface area contributed by atoms with Gasteiger partial charge in [-0.05, 0) is 25.1 Å². The Hall–Kier alpha value is -1.47.